The van der Waals surface area contributed by atoms with Gasteiger partial charge in [-0.1, -0.05) is 0 Å². The van der Waals surface area contributed by atoms with Gasteiger partial charge >= 0.3 is 0 Å². The number of hydrogen-bond acceptors (Lipinski definition) is 4. The number of nitrogens with zero attached hydrogens (tertiary/aromatic N) is 3. The number of nitrogens with one attached hydrogen (secondary N) is 1. The summed E-state index contributed by atoms with van der Waals surface area (Å²) in [6, 6.07) is 12.3. The first kappa shape index (κ1) is 12.9. The first-order valence-electron chi connectivity index (χ1n) is 6.35. The number of hydrogen-bond donors (Lipinski definition) is 2. The van der Waals surface area contributed by atoms with E-state index in [-0.39, 0.29) is 5.91 Å². The number of aromatic nitrogens is 3. The summed E-state index contributed by atoms with van der Waals surface area (Å²) in [5.74, 6) is 0.371. The van der Waals surface area contributed by atoms with E-state index >= 15 is 0 Å². The van der Waals surface area contributed by atoms with Gasteiger partial charge in [0.2, 0.25) is 0 Å². The molecule has 3 N–H and O–H groups in total. The minimum atomic E-state index is -0.213. The van der Waals surface area contributed by atoms with E-state index in [4.69, 9.17) is 5.73 Å². The van der Waals surface area contributed by atoms with Crippen molar-refractivity contribution in [2.75, 3.05) is 11.1 Å². The minimum Gasteiger partial charge on any atom is -0.399 e. The Morgan fingerprint density at radius 1 is 1.00 bits per heavy atom. The van der Waals surface area contributed by atoms with E-state index in [1.165, 1.54) is 0 Å². The molecule has 0 aliphatic carbocycles. The van der Waals surface area contributed by atoms with Crippen LogP contribution in [0.1, 0.15) is 10.4 Å². The van der Waals surface area contributed by atoms with Gasteiger partial charge in [-0.05, 0) is 36.4 Å². The zero-order valence-electron chi connectivity index (χ0n) is 11.1. The van der Waals surface area contributed by atoms with Crippen molar-refractivity contribution in [2.24, 2.45) is 0 Å². The van der Waals surface area contributed by atoms with E-state index in [1.807, 2.05) is 12.1 Å². The molecule has 3 aromatic rings. The highest BCUT2D eigenvalue weighted by Crippen LogP contribution is 2.16. The second-order valence-electron chi connectivity index (χ2n) is 4.41. The Labute approximate surface area is 121 Å². The maximum absolute atomic E-state index is 12.1. The van der Waals surface area contributed by atoms with Gasteiger partial charge in [-0.25, -0.2) is 4.68 Å². The highest BCUT2D eigenvalue weighted by atomic mass is 16.1. The van der Waals surface area contributed by atoms with Crippen molar-refractivity contribution in [2.45, 2.75) is 0 Å². The number of nitrogen functional groups attached to an aromatic ring is 1. The monoisotopic (exact) mass is 279 g/mol. The van der Waals surface area contributed by atoms with Crippen molar-refractivity contribution in [3.05, 3.63) is 66.6 Å². The van der Waals surface area contributed by atoms with Gasteiger partial charge < -0.3 is 11.1 Å². The van der Waals surface area contributed by atoms with Crippen molar-refractivity contribution >= 4 is 17.4 Å². The number of benzene rings is 1. The predicted octanol–water partition coefficient (Wildman–Crippen LogP) is 2.10. The van der Waals surface area contributed by atoms with Gasteiger partial charge in [0.1, 0.15) is 5.82 Å². The Morgan fingerprint density at radius 2 is 1.71 bits per heavy atom. The van der Waals surface area contributed by atoms with Gasteiger partial charge in [0.05, 0.1) is 11.9 Å². The van der Waals surface area contributed by atoms with Crippen LogP contribution in [-0.2, 0) is 0 Å². The molecule has 0 saturated heterocycles. The quantitative estimate of drug-likeness (QED) is 0.719. The second kappa shape index (κ2) is 5.46. The third-order valence-electron chi connectivity index (χ3n) is 2.96. The largest absolute Gasteiger partial charge is 0.399 e. The van der Waals surface area contributed by atoms with Crippen molar-refractivity contribution in [1.82, 2.24) is 14.8 Å². The van der Waals surface area contributed by atoms with Crippen LogP contribution in [0.15, 0.2) is 61.1 Å². The molecule has 0 aliphatic rings. The minimum absolute atomic E-state index is 0.213. The molecule has 0 unspecified atom stereocenters. The van der Waals surface area contributed by atoms with E-state index < -0.39 is 0 Å². The number of anilines is 2. The first-order chi connectivity index (χ1) is 10.2. The maximum atomic E-state index is 12.1. The topological polar surface area (TPSA) is 85.8 Å². The molecule has 1 aromatic carbocycles. The summed E-state index contributed by atoms with van der Waals surface area (Å²) in [4.78, 5) is 16.0. The Balaban J connectivity index is 1.86. The van der Waals surface area contributed by atoms with Gasteiger partial charge in [-0.2, -0.15) is 5.10 Å². The van der Waals surface area contributed by atoms with Crippen LogP contribution in [0.5, 0.6) is 0 Å². The van der Waals surface area contributed by atoms with E-state index in [1.54, 1.807) is 53.6 Å². The number of pyridine rings is 1. The third-order valence-corrected chi connectivity index (χ3v) is 2.96. The maximum Gasteiger partial charge on any atom is 0.256 e. The smallest absolute Gasteiger partial charge is 0.256 e. The van der Waals surface area contributed by atoms with Gasteiger partial charge in [-0.15, -0.1) is 0 Å². The average Bonchev–Trinajstić information content (AvgIpc) is 2.97. The number of rotatable bonds is 3. The Kier molecular flexibility index (Phi) is 3.34. The fourth-order valence-corrected chi connectivity index (χ4v) is 1.91. The van der Waals surface area contributed by atoms with Crippen LogP contribution in [0, 0.1) is 0 Å². The molecule has 2 heterocycles. The first-order valence-corrected chi connectivity index (χ1v) is 6.35. The van der Waals surface area contributed by atoms with Crippen LogP contribution in [0.25, 0.3) is 5.69 Å². The molecule has 0 aliphatic heterocycles. The van der Waals surface area contributed by atoms with Gasteiger partial charge in [0, 0.05) is 29.7 Å². The summed E-state index contributed by atoms with van der Waals surface area (Å²) in [5, 5.41) is 7.03. The van der Waals surface area contributed by atoms with Crippen LogP contribution in [-0.4, -0.2) is 20.7 Å². The van der Waals surface area contributed by atoms with Crippen LogP contribution in [0.2, 0.25) is 0 Å². The number of nitrogens with two attached hydrogens (primary N) is 1. The fourth-order valence-electron chi connectivity index (χ4n) is 1.91. The number of amides is 1. The standard InChI is InChI=1S/C15H13N5O/c16-12-1-3-13(4-2-12)20-14(7-10-18-20)19-15(21)11-5-8-17-9-6-11/h1-10H,16H2,(H,19,21). The second-order valence-corrected chi connectivity index (χ2v) is 4.41. The predicted molar refractivity (Wildman–Crippen MR) is 80.2 cm³/mol. The van der Waals surface area contributed by atoms with Gasteiger partial charge in [-0.3, -0.25) is 9.78 Å². The molecule has 0 fully saturated rings. The summed E-state index contributed by atoms with van der Waals surface area (Å²) in [5.41, 5.74) is 7.70. The molecular weight excluding hydrogens is 266 g/mol. The normalized spacial score (nSPS) is 10.3. The average molecular weight is 279 g/mol. The van der Waals surface area contributed by atoms with Crippen molar-refractivity contribution in [3.63, 3.8) is 0 Å². The highest BCUT2D eigenvalue weighted by molar-refractivity contribution is 6.03. The van der Waals surface area contributed by atoms with Crippen LogP contribution >= 0.6 is 0 Å². The zero-order valence-corrected chi connectivity index (χ0v) is 11.1. The van der Waals surface area contributed by atoms with Crippen LogP contribution in [0.3, 0.4) is 0 Å². The van der Waals surface area contributed by atoms with E-state index in [9.17, 15) is 4.79 Å². The summed E-state index contributed by atoms with van der Waals surface area (Å²) in [6.07, 6.45) is 4.77. The molecule has 0 spiro atoms. The van der Waals surface area contributed by atoms with Crippen LogP contribution < -0.4 is 11.1 Å². The van der Waals surface area contributed by atoms with E-state index in [0.29, 0.717) is 17.1 Å². The highest BCUT2D eigenvalue weighted by Gasteiger charge is 2.10. The molecule has 0 saturated carbocycles. The molecule has 3 rings (SSSR count). The Bertz CT molecular complexity index is 749. The molecule has 21 heavy (non-hydrogen) atoms. The SMILES string of the molecule is Nc1ccc(-n2nccc2NC(=O)c2ccncc2)cc1. The third kappa shape index (κ3) is 2.74. The van der Waals surface area contributed by atoms with Crippen molar-refractivity contribution < 1.29 is 4.79 Å². The molecule has 2 aromatic heterocycles. The molecule has 1 amide bonds. The summed E-state index contributed by atoms with van der Waals surface area (Å²) < 4.78 is 1.64. The molecule has 0 atom stereocenters. The molecule has 6 heteroatoms. The summed E-state index contributed by atoms with van der Waals surface area (Å²) >= 11 is 0. The molecule has 104 valence electrons. The van der Waals surface area contributed by atoms with Crippen molar-refractivity contribution in [3.8, 4) is 5.69 Å². The lowest BCUT2D eigenvalue weighted by Gasteiger charge is -2.09. The molecular formula is C15H13N5O. The lowest BCUT2D eigenvalue weighted by Crippen LogP contribution is -2.15. The van der Waals surface area contributed by atoms with Crippen molar-refractivity contribution in [1.29, 1.82) is 0 Å². The molecule has 6 nitrogen and oxygen atoms in total. The number of carbonyl (C=O) groups excluding carboxylic acids is 1. The van der Waals surface area contributed by atoms with Crippen LogP contribution in [0.4, 0.5) is 11.5 Å². The summed E-state index contributed by atoms with van der Waals surface area (Å²) in [6.45, 7) is 0. The van der Waals surface area contributed by atoms with Gasteiger partial charge in [0.15, 0.2) is 0 Å². The van der Waals surface area contributed by atoms with E-state index in [0.717, 1.165) is 5.69 Å². The number of carbonyl (C=O) groups is 1. The molecule has 0 bridgehead atoms. The zero-order chi connectivity index (χ0) is 14.7. The lowest BCUT2D eigenvalue weighted by molar-refractivity contribution is 0.102. The fraction of sp³-hybridized carbons (Fsp3) is 0. The summed E-state index contributed by atoms with van der Waals surface area (Å²) in [7, 11) is 0. The Morgan fingerprint density at radius 3 is 2.43 bits per heavy atom. The Hall–Kier alpha value is -3.15. The van der Waals surface area contributed by atoms with E-state index in [2.05, 4.69) is 15.4 Å². The lowest BCUT2D eigenvalue weighted by atomic mass is 10.2. The van der Waals surface area contributed by atoms with Gasteiger partial charge in [0.25, 0.3) is 5.91 Å². The molecule has 0 radical (unpaired) electrons.